The second kappa shape index (κ2) is 7.01. The van der Waals surface area contributed by atoms with E-state index in [1.54, 1.807) is 6.20 Å². The summed E-state index contributed by atoms with van der Waals surface area (Å²) < 4.78 is 1.81. The molecule has 2 aromatic heterocycles. The molecule has 2 aromatic carbocycles. The number of benzene rings is 2. The van der Waals surface area contributed by atoms with Crippen molar-refractivity contribution in [3.63, 3.8) is 0 Å². The van der Waals surface area contributed by atoms with Gasteiger partial charge in [-0.3, -0.25) is 0 Å². The fourth-order valence-electron chi connectivity index (χ4n) is 2.67. The summed E-state index contributed by atoms with van der Waals surface area (Å²) in [6.07, 6.45) is 1.77. The zero-order valence-corrected chi connectivity index (χ0v) is 14.9. The van der Waals surface area contributed by atoms with E-state index in [1.807, 2.05) is 66.2 Å². The molecule has 0 aliphatic heterocycles. The second-order valence-corrected chi connectivity index (χ2v) is 6.12. The minimum absolute atomic E-state index is 0.550. The third-order valence-electron chi connectivity index (χ3n) is 3.87. The summed E-state index contributed by atoms with van der Waals surface area (Å²) in [5.41, 5.74) is 2.57. The highest BCUT2D eigenvalue weighted by atomic mass is 35.5. The highest BCUT2D eigenvalue weighted by Crippen LogP contribution is 2.27. The van der Waals surface area contributed by atoms with Crippen molar-refractivity contribution in [3.05, 3.63) is 65.8 Å². The van der Waals surface area contributed by atoms with Crippen LogP contribution in [0.5, 0.6) is 0 Å². The van der Waals surface area contributed by atoms with Crippen LogP contribution in [0, 0.1) is 0 Å². The van der Waals surface area contributed by atoms with Gasteiger partial charge in [-0.05, 0) is 43.3 Å². The van der Waals surface area contributed by atoms with Crippen molar-refractivity contribution in [2.24, 2.45) is 0 Å². The van der Waals surface area contributed by atoms with Crippen molar-refractivity contribution < 1.29 is 0 Å². The molecule has 4 aromatic rings. The number of para-hydroxylation sites is 1. The van der Waals surface area contributed by atoms with Crippen LogP contribution < -0.4 is 10.6 Å². The van der Waals surface area contributed by atoms with Crippen LogP contribution in [0.2, 0.25) is 5.02 Å². The molecule has 2 N–H and O–H groups in total. The third kappa shape index (κ3) is 3.19. The monoisotopic (exact) mass is 364 g/mol. The van der Waals surface area contributed by atoms with Gasteiger partial charge in [0.15, 0.2) is 5.65 Å². The number of nitrogens with zero attached hydrogens (tertiary/aromatic N) is 4. The Bertz CT molecular complexity index is 1030. The number of hydrogen-bond acceptors (Lipinski definition) is 5. The quantitative estimate of drug-likeness (QED) is 0.539. The van der Waals surface area contributed by atoms with Gasteiger partial charge in [0.2, 0.25) is 5.95 Å². The minimum Gasteiger partial charge on any atom is -0.354 e. The average molecular weight is 365 g/mol. The fraction of sp³-hybridized carbons (Fsp3) is 0.105. The van der Waals surface area contributed by atoms with E-state index in [4.69, 9.17) is 11.6 Å². The molecule has 2 heterocycles. The first kappa shape index (κ1) is 16.4. The van der Waals surface area contributed by atoms with Gasteiger partial charge >= 0.3 is 0 Å². The number of nitrogens with one attached hydrogen (secondary N) is 2. The lowest BCUT2D eigenvalue weighted by atomic mass is 10.3. The zero-order chi connectivity index (χ0) is 17.9. The van der Waals surface area contributed by atoms with E-state index in [-0.39, 0.29) is 0 Å². The molecular formula is C19H17ClN6. The Morgan fingerprint density at radius 2 is 1.77 bits per heavy atom. The van der Waals surface area contributed by atoms with Gasteiger partial charge in [-0.15, -0.1) is 0 Å². The van der Waals surface area contributed by atoms with Gasteiger partial charge in [0, 0.05) is 17.3 Å². The molecule has 26 heavy (non-hydrogen) atoms. The lowest BCUT2D eigenvalue weighted by Gasteiger charge is -2.10. The van der Waals surface area contributed by atoms with Crippen molar-refractivity contribution in [2.45, 2.75) is 6.92 Å². The summed E-state index contributed by atoms with van der Waals surface area (Å²) in [7, 11) is 0. The molecule has 0 fully saturated rings. The first-order chi connectivity index (χ1) is 12.7. The number of rotatable bonds is 5. The number of fused-ring (bicyclic) bond motifs is 1. The molecule has 0 radical (unpaired) electrons. The molecular weight excluding hydrogens is 348 g/mol. The van der Waals surface area contributed by atoms with E-state index in [1.165, 1.54) is 0 Å². The van der Waals surface area contributed by atoms with Crippen LogP contribution in [0.25, 0.3) is 16.7 Å². The highest BCUT2D eigenvalue weighted by Gasteiger charge is 2.14. The Kier molecular flexibility index (Phi) is 4.41. The predicted molar refractivity (Wildman–Crippen MR) is 106 cm³/mol. The summed E-state index contributed by atoms with van der Waals surface area (Å²) in [5.74, 6) is 1.24. The van der Waals surface area contributed by atoms with Crippen LogP contribution in [0.15, 0.2) is 60.8 Å². The van der Waals surface area contributed by atoms with Crippen LogP contribution in [0.4, 0.5) is 17.5 Å². The summed E-state index contributed by atoms with van der Waals surface area (Å²) in [5, 5.41) is 12.5. The predicted octanol–water partition coefficient (Wildman–Crippen LogP) is 4.64. The van der Waals surface area contributed by atoms with Crippen LogP contribution in [0.1, 0.15) is 6.92 Å². The standard InChI is InChI=1S/C19H17ClN6/c1-2-21-19-24-17(23-14-10-8-13(20)9-11-14)16-12-22-26(18(16)25-19)15-6-4-3-5-7-15/h3-12H,2H2,1H3,(H2,21,23,24,25). The van der Waals surface area contributed by atoms with Crippen molar-refractivity contribution in [1.82, 2.24) is 19.7 Å². The topological polar surface area (TPSA) is 67.7 Å². The zero-order valence-electron chi connectivity index (χ0n) is 14.1. The number of halogens is 1. The first-order valence-corrected chi connectivity index (χ1v) is 8.70. The summed E-state index contributed by atoms with van der Waals surface area (Å²) >= 11 is 5.97. The molecule has 0 atom stereocenters. The Labute approximate surface area is 155 Å². The highest BCUT2D eigenvalue weighted by molar-refractivity contribution is 6.30. The fourth-order valence-corrected chi connectivity index (χ4v) is 2.79. The molecule has 130 valence electrons. The average Bonchev–Trinajstić information content (AvgIpc) is 3.09. The smallest absolute Gasteiger partial charge is 0.226 e. The van der Waals surface area contributed by atoms with Crippen LogP contribution in [-0.4, -0.2) is 26.3 Å². The van der Waals surface area contributed by atoms with Gasteiger partial charge in [0.25, 0.3) is 0 Å². The van der Waals surface area contributed by atoms with Crippen molar-refractivity contribution in [2.75, 3.05) is 17.2 Å². The van der Waals surface area contributed by atoms with Crippen LogP contribution >= 0.6 is 11.6 Å². The van der Waals surface area contributed by atoms with Gasteiger partial charge in [0.05, 0.1) is 17.3 Å². The molecule has 0 aliphatic carbocycles. The molecule has 0 amide bonds. The van der Waals surface area contributed by atoms with Gasteiger partial charge in [-0.1, -0.05) is 29.8 Å². The van der Waals surface area contributed by atoms with Gasteiger partial charge in [0.1, 0.15) is 5.82 Å². The van der Waals surface area contributed by atoms with E-state index in [9.17, 15) is 0 Å². The molecule has 6 nitrogen and oxygen atoms in total. The molecule has 4 rings (SSSR count). The van der Waals surface area contributed by atoms with Crippen molar-refractivity contribution >= 4 is 40.1 Å². The first-order valence-electron chi connectivity index (χ1n) is 8.32. The number of hydrogen-bond donors (Lipinski definition) is 2. The number of aromatic nitrogens is 4. The molecule has 7 heteroatoms. The lowest BCUT2D eigenvalue weighted by Crippen LogP contribution is -2.06. The van der Waals surface area contributed by atoms with Crippen LogP contribution in [-0.2, 0) is 0 Å². The van der Waals surface area contributed by atoms with E-state index in [0.717, 1.165) is 29.0 Å². The van der Waals surface area contributed by atoms with E-state index < -0.39 is 0 Å². The summed E-state index contributed by atoms with van der Waals surface area (Å²) in [4.78, 5) is 9.23. The molecule has 0 spiro atoms. The maximum Gasteiger partial charge on any atom is 0.226 e. The second-order valence-electron chi connectivity index (χ2n) is 5.69. The maximum absolute atomic E-state index is 5.97. The largest absolute Gasteiger partial charge is 0.354 e. The number of anilines is 3. The Balaban J connectivity index is 1.83. The van der Waals surface area contributed by atoms with Gasteiger partial charge < -0.3 is 10.6 Å². The van der Waals surface area contributed by atoms with Crippen LogP contribution in [0.3, 0.4) is 0 Å². The molecule has 0 bridgehead atoms. The molecule has 0 unspecified atom stereocenters. The SMILES string of the molecule is CCNc1nc(Nc2ccc(Cl)cc2)c2cnn(-c3ccccc3)c2n1. The molecule has 0 saturated carbocycles. The minimum atomic E-state index is 0.550. The summed E-state index contributed by atoms with van der Waals surface area (Å²) in [6.45, 7) is 2.74. The van der Waals surface area contributed by atoms with Gasteiger partial charge in [-0.25, -0.2) is 4.68 Å². The molecule has 0 saturated heterocycles. The van der Waals surface area contributed by atoms with E-state index >= 15 is 0 Å². The Hall–Kier alpha value is -3.12. The molecule has 0 aliphatic rings. The van der Waals surface area contributed by atoms with Gasteiger partial charge in [-0.2, -0.15) is 15.1 Å². The summed E-state index contributed by atoms with van der Waals surface area (Å²) in [6, 6.07) is 17.4. The van der Waals surface area contributed by atoms with E-state index in [2.05, 4.69) is 25.7 Å². The maximum atomic E-state index is 5.97. The third-order valence-corrected chi connectivity index (χ3v) is 4.12. The van der Waals surface area contributed by atoms with E-state index in [0.29, 0.717) is 16.8 Å². The normalized spacial score (nSPS) is 10.8. The van der Waals surface area contributed by atoms with Crippen molar-refractivity contribution in [3.8, 4) is 5.69 Å². The Morgan fingerprint density at radius 3 is 2.50 bits per heavy atom. The Morgan fingerprint density at radius 1 is 1.00 bits per heavy atom. The lowest BCUT2D eigenvalue weighted by molar-refractivity contribution is 0.895. The van der Waals surface area contributed by atoms with Crippen molar-refractivity contribution in [1.29, 1.82) is 0 Å².